The number of hydrogen-bond acceptors (Lipinski definition) is 5. The van der Waals surface area contributed by atoms with Crippen LogP contribution in [0.3, 0.4) is 0 Å². The SMILES string of the molecule is CC(C)c1nnc2n1CCN(Cc1cnc(C(F)(F)F)nc1)C2. The molecule has 1 aliphatic heterocycles. The van der Waals surface area contributed by atoms with Crippen LogP contribution in [0.25, 0.3) is 0 Å². The molecule has 0 spiro atoms. The standard InChI is InChI=1S/C14H17F3N6/c1-9(2)12-21-20-11-8-22(3-4-23(11)12)7-10-5-18-13(19-6-10)14(15,16)17/h5-6,9H,3-4,7-8H2,1-2H3. The van der Waals surface area contributed by atoms with E-state index < -0.39 is 12.0 Å². The van der Waals surface area contributed by atoms with Crippen molar-refractivity contribution >= 4 is 0 Å². The highest BCUT2D eigenvalue weighted by molar-refractivity contribution is 5.08. The third kappa shape index (κ3) is 3.34. The van der Waals surface area contributed by atoms with Gasteiger partial charge in [-0.1, -0.05) is 13.8 Å². The average Bonchev–Trinajstić information content (AvgIpc) is 2.90. The molecular weight excluding hydrogens is 309 g/mol. The molecule has 0 atom stereocenters. The summed E-state index contributed by atoms with van der Waals surface area (Å²) in [5.74, 6) is 1.05. The number of halogens is 3. The second-order valence-electron chi connectivity index (χ2n) is 5.90. The summed E-state index contributed by atoms with van der Waals surface area (Å²) >= 11 is 0. The zero-order valence-corrected chi connectivity index (χ0v) is 12.9. The lowest BCUT2D eigenvalue weighted by Crippen LogP contribution is -2.34. The second kappa shape index (κ2) is 5.88. The Labute approximate surface area is 131 Å². The maximum absolute atomic E-state index is 12.5. The van der Waals surface area contributed by atoms with Gasteiger partial charge in [0.05, 0.1) is 6.54 Å². The highest BCUT2D eigenvalue weighted by Gasteiger charge is 2.34. The van der Waals surface area contributed by atoms with Crippen molar-refractivity contribution in [2.24, 2.45) is 0 Å². The molecule has 124 valence electrons. The quantitative estimate of drug-likeness (QED) is 0.866. The molecular formula is C14H17F3N6. The topological polar surface area (TPSA) is 59.7 Å². The average molecular weight is 326 g/mol. The normalized spacial score (nSPS) is 15.9. The Hall–Kier alpha value is -2.03. The predicted octanol–water partition coefficient (Wildman–Crippen LogP) is 2.23. The van der Waals surface area contributed by atoms with E-state index in [0.29, 0.717) is 24.6 Å². The summed E-state index contributed by atoms with van der Waals surface area (Å²) in [5, 5.41) is 8.42. The minimum atomic E-state index is -4.51. The van der Waals surface area contributed by atoms with Crippen molar-refractivity contribution in [1.29, 1.82) is 0 Å². The van der Waals surface area contributed by atoms with Crippen LogP contribution >= 0.6 is 0 Å². The number of aromatic nitrogens is 5. The van der Waals surface area contributed by atoms with E-state index in [1.165, 1.54) is 12.4 Å². The predicted molar refractivity (Wildman–Crippen MR) is 75.3 cm³/mol. The molecule has 3 rings (SSSR count). The van der Waals surface area contributed by atoms with E-state index in [4.69, 9.17) is 0 Å². The van der Waals surface area contributed by atoms with Gasteiger partial charge < -0.3 is 4.57 Å². The molecule has 0 amide bonds. The van der Waals surface area contributed by atoms with Crippen LogP contribution in [0.15, 0.2) is 12.4 Å². The summed E-state index contributed by atoms with van der Waals surface area (Å²) in [7, 11) is 0. The van der Waals surface area contributed by atoms with Gasteiger partial charge in [0.15, 0.2) is 0 Å². The van der Waals surface area contributed by atoms with Gasteiger partial charge in [-0.15, -0.1) is 10.2 Å². The lowest BCUT2D eigenvalue weighted by atomic mass is 10.2. The number of hydrogen-bond donors (Lipinski definition) is 0. The molecule has 0 bridgehead atoms. The van der Waals surface area contributed by atoms with E-state index in [9.17, 15) is 13.2 Å². The van der Waals surface area contributed by atoms with Crippen molar-refractivity contribution in [2.75, 3.05) is 6.54 Å². The summed E-state index contributed by atoms with van der Waals surface area (Å²) in [6, 6.07) is 0. The van der Waals surface area contributed by atoms with Crippen LogP contribution in [0.2, 0.25) is 0 Å². The first-order valence-electron chi connectivity index (χ1n) is 7.37. The maximum atomic E-state index is 12.5. The van der Waals surface area contributed by atoms with E-state index in [0.717, 1.165) is 24.7 Å². The zero-order chi connectivity index (χ0) is 16.6. The van der Waals surface area contributed by atoms with Gasteiger partial charge in [0.2, 0.25) is 5.82 Å². The van der Waals surface area contributed by atoms with Crippen LogP contribution in [-0.2, 0) is 25.8 Å². The van der Waals surface area contributed by atoms with E-state index in [2.05, 4.69) is 43.5 Å². The molecule has 6 nitrogen and oxygen atoms in total. The summed E-state index contributed by atoms with van der Waals surface area (Å²) in [6.07, 6.45) is -2.04. The van der Waals surface area contributed by atoms with Crippen LogP contribution in [-0.4, -0.2) is 36.2 Å². The first-order chi connectivity index (χ1) is 10.8. The van der Waals surface area contributed by atoms with Gasteiger partial charge >= 0.3 is 6.18 Å². The van der Waals surface area contributed by atoms with Crippen molar-refractivity contribution < 1.29 is 13.2 Å². The number of nitrogens with zero attached hydrogens (tertiary/aromatic N) is 6. The fourth-order valence-corrected chi connectivity index (χ4v) is 2.63. The molecule has 23 heavy (non-hydrogen) atoms. The van der Waals surface area contributed by atoms with Crippen molar-refractivity contribution in [3.05, 3.63) is 35.4 Å². The van der Waals surface area contributed by atoms with E-state index in [-0.39, 0.29) is 0 Å². The third-order valence-corrected chi connectivity index (χ3v) is 3.74. The Morgan fingerprint density at radius 2 is 1.83 bits per heavy atom. The third-order valence-electron chi connectivity index (χ3n) is 3.74. The van der Waals surface area contributed by atoms with E-state index in [1.807, 2.05) is 0 Å². The Bertz CT molecular complexity index is 677. The summed E-state index contributed by atoms with van der Waals surface area (Å²) in [6.45, 7) is 6.80. The molecule has 3 heterocycles. The monoisotopic (exact) mass is 326 g/mol. The number of rotatable bonds is 3. The zero-order valence-electron chi connectivity index (χ0n) is 12.9. The van der Waals surface area contributed by atoms with Crippen LogP contribution in [0.4, 0.5) is 13.2 Å². The van der Waals surface area contributed by atoms with E-state index >= 15 is 0 Å². The van der Waals surface area contributed by atoms with Gasteiger partial charge in [-0.2, -0.15) is 13.2 Å². The molecule has 0 unspecified atom stereocenters. The largest absolute Gasteiger partial charge is 0.451 e. The van der Waals surface area contributed by atoms with Crippen LogP contribution in [0, 0.1) is 0 Å². The second-order valence-corrected chi connectivity index (χ2v) is 5.90. The smallest absolute Gasteiger partial charge is 0.312 e. The Balaban J connectivity index is 1.68. The van der Waals surface area contributed by atoms with Crippen molar-refractivity contribution in [1.82, 2.24) is 29.6 Å². The molecule has 0 aliphatic carbocycles. The van der Waals surface area contributed by atoms with Gasteiger partial charge in [0, 0.05) is 43.5 Å². The van der Waals surface area contributed by atoms with Crippen molar-refractivity contribution in [3.63, 3.8) is 0 Å². The van der Waals surface area contributed by atoms with E-state index in [1.54, 1.807) is 0 Å². The van der Waals surface area contributed by atoms with Crippen LogP contribution in [0.1, 0.15) is 42.8 Å². The molecule has 2 aromatic rings. The Kier molecular flexibility index (Phi) is 4.05. The molecule has 0 saturated carbocycles. The highest BCUT2D eigenvalue weighted by atomic mass is 19.4. The first kappa shape index (κ1) is 15.9. The molecule has 2 aromatic heterocycles. The van der Waals surface area contributed by atoms with Gasteiger partial charge in [0.1, 0.15) is 11.6 Å². The Morgan fingerprint density at radius 3 is 2.43 bits per heavy atom. The molecule has 0 aromatic carbocycles. The minimum Gasteiger partial charge on any atom is -0.312 e. The molecule has 0 saturated heterocycles. The Morgan fingerprint density at radius 1 is 1.13 bits per heavy atom. The van der Waals surface area contributed by atoms with Crippen molar-refractivity contribution in [2.45, 2.75) is 45.6 Å². The molecule has 1 aliphatic rings. The van der Waals surface area contributed by atoms with Crippen LogP contribution < -0.4 is 0 Å². The minimum absolute atomic E-state index is 0.311. The number of fused-ring (bicyclic) bond motifs is 1. The van der Waals surface area contributed by atoms with Gasteiger partial charge in [-0.3, -0.25) is 4.90 Å². The summed E-state index contributed by atoms with van der Waals surface area (Å²) in [5.41, 5.74) is 0.648. The fourth-order valence-electron chi connectivity index (χ4n) is 2.63. The number of alkyl halides is 3. The molecule has 9 heteroatoms. The lowest BCUT2D eigenvalue weighted by molar-refractivity contribution is -0.145. The summed E-state index contributed by atoms with van der Waals surface area (Å²) in [4.78, 5) is 8.88. The molecule has 0 fully saturated rings. The first-order valence-corrected chi connectivity index (χ1v) is 7.37. The highest BCUT2D eigenvalue weighted by Crippen LogP contribution is 2.25. The van der Waals surface area contributed by atoms with Gasteiger partial charge in [-0.05, 0) is 0 Å². The van der Waals surface area contributed by atoms with Gasteiger partial charge in [-0.25, -0.2) is 9.97 Å². The fraction of sp³-hybridized carbons (Fsp3) is 0.571. The van der Waals surface area contributed by atoms with Crippen molar-refractivity contribution in [3.8, 4) is 0 Å². The lowest BCUT2D eigenvalue weighted by Gasteiger charge is -2.28. The molecule has 0 N–H and O–H groups in total. The van der Waals surface area contributed by atoms with Gasteiger partial charge in [0.25, 0.3) is 0 Å². The summed E-state index contributed by atoms with van der Waals surface area (Å²) < 4.78 is 39.5. The van der Waals surface area contributed by atoms with Crippen LogP contribution in [0.5, 0.6) is 0 Å². The maximum Gasteiger partial charge on any atom is 0.451 e. The molecule has 0 radical (unpaired) electrons.